The number of nitrogens with one attached hydrogen (secondary N) is 1. The molecule has 1 amide bonds. The van der Waals surface area contributed by atoms with Crippen LogP contribution >= 0.6 is 0 Å². The smallest absolute Gasteiger partial charge is 0.239 e. The van der Waals surface area contributed by atoms with E-state index in [1.54, 1.807) is 10.9 Å². The monoisotopic (exact) mass is 318 g/mol. The van der Waals surface area contributed by atoms with E-state index in [2.05, 4.69) is 20.4 Å². The topological polar surface area (TPSA) is 77.2 Å². The van der Waals surface area contributed by atoms with Crippen molar-refractivity contribution in [2.45, 2.75) is 19.6 Å². The number of aromatic nitrogens is 4. The molecule has 0 aromatic carbocycles. The highest BCUT2D eigenvalue weighted by Gasteiger charge is 2.23. The lowest BCUT2D eigenvalue weighted by Gasteiger charge is -2.32. The average molecular weight is 318 g/mol. The van der Waals surface area contributed by atoms with Gasteiger partial charge in [0.1, 0.15) is 5.82 Å². The third kappa shape index (κ3) is 4.17. The first kappa shape index (κ1) is 15.7. The fraction of sp³-hybridized carbons (Fsp3) is 0.533. The minimum atomic E-state index is -0.0345. The van der Waals surface area contributed by atoms with Gasteiger partial charge in [-0.2, -0.15) is 10.2 Å². The standard InChI is InChI=1S/C15H22N6O2/c1-12-8-14(19(2)18-12)17-15(22)11-20-6-7-23-13(9-20)10-21-5-3-4-16-21/h3-5,8,13H,6-7,9-11H2,1-2H3,(H,17,22). The van der Waals surface area contributed by atoms with Gasteiger partial charge in [0.2, 0.25) is 5.91 Å². The second-order valence-electron chi connectivity index (χ2n) is 5.80. The van der Waals surface area contributed by atoms with E-state index in [1.165, 1.54) is 0 Å². The predicted molar refractivity (Wildman–Crippen MR) is 85.0 cm³/mol. The molecule has 3 heterocycles. The van der Waals surface area contributed by atoms with Crippen LogP contribution in [0.15, 0.2) is 24.5 Å². The number of hydrogen-bond donors (Lipinski definition) is 1. The molecule has 1 saturated heterocycles. The van der Waals surface area contributed by atoms with Crippen LogP contribution < -0.4 is 5.32 Å². The lowest BCUT2D eigenvalue weighted by molar-refractivity contribution is -0.119. The van der Waals surface area contributed by atoms with Gasteiger partial charge in [-0.15, -0.1) is 0 Å². The summed E-state index contributed by atoms with van der Waals surface area (Å²) in [7, 11) is 1.82. The summed E-state index contributed by atoms with van der Waals surface area (Å²) in [5.74, 6) is 0.682. The third-order valence-electron chi connectivity index (χ3n) is 3.81. The minimum absolute atomic E-state index is 0.0345. The van der Waals surface area contributed by atoms with E-state index >= 15 is 0 Å². The molecule has 8 heteroatoms. The molecule has 1 unspecified atom stereocenters. The van der Waals surface area contributed by atoms with Crippen LogP contribution in [-0.2, 0) is 23.1 Å². The summed E-state index contributed by atoms with van der Waals surface area (Å²) in [4.78, 5) is 14.3. The lowest BCUT2D eigenvalue weighted by atomic mass is 10.2. The molecule has 0 radical (unpaired) electrons. The Labute approximate surface area is 135 Å². The van der Waals surface area contributed by atoms with Gasteiger partial charge in [-0.25, -0.2) is 0 Å². The maximum Gasteiger partial charge on any atom is 0.239 e. The molecule has 0 spiro atoms. The second kappa shape index (κ2) is 6.93. The molecule has 1 aliphatic heterocycles. The molecule has 23 heavy (non-hydrogen) atoms. The number of ether oxygens (including phenoxy) is 1. The van der Waals surface area contributed by atoms with Crippen molar-refractivity contribution in [3.63, 3.8) is 0 Å². The van der Waals surface area contributed by atoms with Crippen molar-refractivity contribution in [1.82, 2.24) is 24.5 Å². The Morgan fingerprint density at radius 3 is 3.09 bits per heavy atom. The molecule has 0 bridgehead atoms. The van der Waals surface area contributed by atoms with E-state index in [4.69, 9.17) is 4.74 Å². The van der Waals surface area contributed by atoms with Crippen molar-refractivity contribution in [2.75, 3.05) is 31.6 Å². The summed E-state index contributed by atoms with van der Waals surface area (Å²) >= 11 is 0. The Morgan fingerprint density at radius 1 is 1.52 bits per heavy atom. The van der Waals surface area contributed by atoms with Gasteiger partial charge in [0, 0.05) is 38.6 Å². The normalized spacial score (nSPS) is 19.0. The van der Waals surface area contributed by atoms with Gasteiger partial charge < -0.3 is 10.1 Å². The first-order valence-corrected chi connectivity index (χ1v) is 7.72. The van der Waals surface area contributed by atoms with E-state index in [0.717, 1.165) is 18.8 Å². The SMILES string of the molecule is Cc1cc(NC(=O)CN2CCOC(Cn3cccn3)C2)n(C)n1. The Hall–Kier alpha value is -2.19. The predicted octanol–water partition coefficient (Wildman–Crippen LogP) is 0.265. The quantitative estimate of drug-likeness (QED) is 0.856. The second-order valence-corrected chi connectivity index (χ2v) is 5.80. The fourth-order valence-corrected chi connectivity index (χ4v) is 2.76. The van der Waals surface area contributed by atoms with Crippen LogP contribution in [0.1, 0.15) is 5.69 Å². The molecule has 3 rings (SSSR count). The number of rotatable bonds is 5. The van der Waals surface area contributed by atoms with Crippen molar-refractivity contribution in [3.8, 4) is 0 Å². The largest absolute Gasteiger partial charge is 0.374 e. The molecule has 8 nitrogen and oxygen atoms in total. The highest BCUT2D eigenvalue weighted by atomic mass is 16.5. The summed E-state index contributed by atoms with van der Waals surface area (Å²) in [6.07, 6.45) is 3.72. The van der Waals surface area contributed by atoms with Gasteiger partial charge >= 0.3 is 0 Å². The number of carbonyl (C=O) groups excluding carboxylic acids is 1. The highest BCUT2D eigenvalue weighted by molar-refractivity contribution is 5.91. The van der Waals surface area contributed by atoms with Crippen molar-refractivity contribution in [2.24, 2.45) is 7.05 Å². The number of anilines is 1. The first-order valence-electron chi connectivity index (χ1n) is 7.72. The van der Waals surface area contributed by atoms with Crippen molar-refractivity contribution < 1.29 is 9.53 Å². The zero-order chi connectivity index (χ0) is 16.2. The first-order chi connectivity index (χ1) is 11.1. The van der Waals surface area contributed by atoms with Crippen molar-refractivity contribution in [3.05, 3.63) is 30.2 Å². The van der Waals surface area contributed by atoms with Gasteiger partial charge in [0.25, 0.3) is 0 Å². The van der Waals surface area contributed by atoms with E-state index in [0.29, 0.717) is 25.5 Å². The molecule has 2 aromatic heterocycles. The Morgan fingerprint density at radius 2 is 2.39 bits per heavy atom. The van der Waals surface area contributed by atoms with E-state index < -0.39 is 0 Å². The molecule has 1 aliphatic rings. The van der Waals surface area contributed by atoms with E-state index in [-0.39, 0.29) is 12.0 Å². The number of aryl methyl sites for hydroxylation is 2. The highest BCUT2D eigenvalue weighted by Crippen LogP contribution is 2.10. The van der Waals surface area contributed by atoms with Crippen molar-refractivity contribution in [1.29, 1.82) is 0 Å². The van der Waals surface area contributed by atoms with Crippen LogP contribution in [0.4, 0.5) is 5.82 Å². The molecule has 124 valence electrons. The maximum atomic E-state index is 12.2. The molecule has 1 atom stereocenters. The van der Waals surface area contributed by atoms with Gasteiger partial charge in [-0.3, -0.25) is 19.1 Å². The summed E-state index contributed by atoms with van der Waals surface area (Å²) in [5.41, 5.74) is 0.883. The van der Waals surface area contributed by atoms with Crippen molar-refractivity contribution >= 4 is 11.7 Å². The summed E-state index contributed by atoms with van der Waals surface area (Å²) in [5, 5.41) is 11.3. The van der Waals surface area contributed by atoms with Crippen LogP contribution in [0, 0.1) is 6.92 Å². The Bertz CT molecular complexity index is 651. The van der Waals surface area contributed by atoms with Gasteiger partial charge in [0.05, 0.1) is 31.5 Å². The molecule has 0 saturated carbocycles. The minimum Gasteiger partial charge on any atom is -0.374 e. The zero-order valence-corrected chi connectivity index (χ0v) is 13.5. The summed E-state index contributed by atoms with van der Waals surface area (Å²) < 4.78 is 9.28. The zero-order valence-electron chi connectivity index (χ0n) is 13.5. The molecular weight excluding hydrogens is 296 g/mol. The fourth-order valence-electron chi connectivity index (χ4n) is 2.76. The van der Waals surface area contributed by atoms with Crippen LogP contribution in [0.25, 0.3) is 0 Å². The molecule has 1 N–H and O–H groups in total. The van der Waals surface area contributed by atoms with Crippen LogP contribution in [-0.4, -0.2) is 62.7 Å². The Balaban J connectivity index is 1.50. The van der Waals surface area contributed by atoms with Crippen LogP contribution in [0.2, 0.25) is 0 Å². The van der Waals surface area contributed by atoms with Crippen LogP contribution in [0.3, 0.4) is 0 Å². The summed E-state index contributed by atoms with van der Waals surface area (Å²) in [6.45, 7) is 5.06. The molecule has 1 fully saturated rings. The number of carbonyl (C=O) groups is 1. The average Bonchev–Trinajstić information content (AvgIpc) is 3.09. The van der Waals surface area contributed by atoms with Gasteiger partial charge in [-0.1, -0.05) is 0 Å². The van der Waals surface area contributed by atoms with E-state index in [9.17, 15) is 4.79 Å². The van der Waals surface area contributed by atoms with Gasteiger partial charge in [0.15, 0.2) is 0 Å². The molecular formula is C15H22N6O2. The number of nitrogens with zero attached hydrogens (tertiary/aromatic N) is 5. The van der Waals surface area contributed by atoms with E-state index in [1.807, 2.05) is 37.0 Å². The Kier molecular flexibility index (Phi) is 4.73. The maximum absolute atomic E-state index is 12.2. The lowest BCUT2D eigenvalue weighted by Crippen LogP contribution is -2.47. The van der Waals surface area contributed by atoms with Crippen LogP contribution in [0.5, 0.6) is 0 Å². The third-order valence-corrected chi connectivity index (χ3v) is 3.81. The molecule has 0 aliphatic carbocycles. The molecule has 2 aromatic rings. The number of morpholine rings is 1. The number of hydrogen-bond acceptors (Lipinski definition) is 5. The summed E-state index contributed by atoms with van der Waals surface area (Å²) in [6, 6.07) is 3.75. The number of amides is 1. The van der Waals surface area contributed by atoms with Gasteiger partial charge in [-0.05, 0) is 13.0 Å².